The van der Waals surface area contributed by atoms with Crippen molar-refractivity contribution in [3.05, 3.63) is 29.3 Å². The largest absolute Gasteiger partial charge is 0.493 e. The van der Waals surface area contributed by atoms with Gasteiger partial charge in [0.05, 0.1) is 6.61 Å². The molecular weight excluding hydrogens is 234 g/mol. The first-order chi connectivity index (χ1) is 9.26. The number of nitrogens with one attached hydrogen (secondary N) is 1. The van der Waals surface area contributed by atoms with E-state index < -0.39 is 0 Å². The minimum atomic E-state index is 0.357. The molecule has 1 aromatic carbocycles. The number of terminal acetylenes is 1. The van der Waals surface area contributed by atoms with E-state index in [4.69, 9.17) is 11.2 Å². The number of ether oxygens (including phenoxy) is 1. The van der Waals surface area contributed by atoms with E-state index >= 15 is 0 Å². The van der Waals surface area contributed by atoms with Gasteiger partial charge in [0.25, 0.3) is 0 Å². The van der Waals surface area contributed by atoms with E-state index in [0.717, 1.165) is 38.0 Å². The van der Waals surface area contributed by atoms with Gasteiger partial charge in [0.15, 0.2) is 0 Å². The summed E-state index contributed by atoms with van der Waals surface area (Å²) in [6.07, 6.45) is 9.48. The summed E-state index contributed by atoms with van der Waals surface area (Å²) >= 11 is 0. The normalized spacial score (nSPS) is 19.7. The quantitative estimate of drug-likeness (QED) is 0.832. The lowest BCUT2D eigenvalue weighted by molar-refractivity contribution is 0.312. The lowest BCUT2D eigenvalue weighted by atomic mass is 9.98. The van der Waals surface area contributed by atoms with Crippen molar-refractivity contribution in [2.75, 3.05) is 6.61 Å². The molecule has 2 heteroatoms. The van der Waals surface area contributed by atoms with E-state index in [1.54, 1.807) is 0 Å². The van der Waals surface area contributed by atoms with Gasteiger partial charge in [0, 0.05) is 24.1 Å². The average Bonchev–Trinajstić information content (AvgIpc) is 2.62. The maximum atomic E-state index is 5.90. The Morgan fingerprint density at radius 1 is 1.53 bits per heavy atom. The van der Waals surface area contributed by atoms with Crippen LogP contribution in [-0.4, -0.2) is 12.6 Å². The first kappa shape index (κ1) is 14.0. The second kappa shape index (κ2) is 6.63. The van der Waals surface area contributed by atoms with Gasteiger partial charge >= 0.3 is 0 Å². The molecule has 2 atom stereocenters. The van der Waals surface area contributed by atoms with Gasteiger partial charge in [-0.1, -0.05) is 25.1 Å². The predicted molar refractivity (Wildman–Crippen MR) is 79.3 cm³/mol. The third-order valence-electron chi connectivity index (χ3n) is 3.80. The predicted octanol–water partition coefficient (Wildman–Crippen LogP) is 3.60. The van der Waals surface area contributed by atoms with E-state index in [0.29, 0.717) is 12.1 Å². The van der Waals surface area contributed by atoms with Gasteiger partial charge in [-0.25, -0.2) is 0 Å². The van der Waals surface area contributed by atoms with Crippen LogP contribution in [0.1, 0.15) is 49.8 Å². The molecule has 1 N–H and O–H groups in total. The summed E-state index contributed by atoms with van der Waals surface area (Å²) in [4.78, 5) is 0. The Hall–Kier alpha value is -1.46. The Kier molecular flexibility index (Phi) is 4.87. The number of hydrogen-bond donors (Lipinski definition) is 1. The molecule has 1 aromatic rings. The zero-order valence-corrected chi connectivity index (χ0v) is 11.9. The summed E-state index contributed by atoms with van der Waals surface area (Å²) < 4.78 is 5.90. The number of para-hydroxylation sites is 1. The number of benzene rings is 1. The third kappa shape index (κ3) is 3.30. The van der Waals surface area contributed by atoms with Crippen molar-refractivity contribution >= 4 is 0 Å². The zero-order valence-electron chi connectivity index (χ0n) is 11.9. The Balaban J connectivity index is 2.22. The molecule has 0 aromatic heterocycles. The molecule has 0 amide bonds. The van der Waals surface area contributed by atoms with Crippen LogP contribution in [0.4, 0.5) is 0 Å². The van der Waals surface area contributed by atoms with Crippen LogP contribution in [0.15, 0.2) is 18.2 Å². The van der Waals surface area contributed by atoms with Gasteiger partial charge in [-0.15, -0.1) is 12.3 Å². The van der Waals surface area contributed by atoms with Gasteiger partial charge in [0.1, 0.15) is 5.75 Å². The van der Waals surface area contributed by atoms with Crippen molar-refractivity contribution in [2.45, 2.75) is 51.6 Å². The molecule has 2 nitrogen and oxygen atoms in total. The third-order valence-corrected chi connectivity index (χ3v) is 3.80. The van der Waals surface area contributed by atoms with Crippen molar-refractivity contribution in [3.8, 4) is 18.1 Å². The summed E-state index contributed by atoms with van der Waals surface area (Å²) in [5.74, 6) is 3.83. The number of hydrogen-bond acceptors (Lipinski definition) is 2. The van der Waals surface area contributed by atoms with Crippen LogP contribution in [0.5, 0.6) is 5.75 Å². The molecule has 2 rings (SSSR count). The molecule has 0 spiro atoms. The van der Waals surface area contributed by atoms with Gasteiger partial charge in [0.2, 0.25) is 0 Å². The van der Waals surface area contributed by atoms with Crippen LogP contribution < -0.4 is 10.1 Å². The monoisotopic (exact) mass is 257 g/mol. The van der Waals surface area contributed by atoms with E-state index in [9.17, 15) is 0 Å². The zero-order chi connectivity index (χ0) is 13.7. The highest BCUT2D eigenvalue weighted by Crippen LogP contribution is 2.34. The van der Waals surface area contributed by atoms with E-state index in [1.807, 2.05) is 0 Å². The second-order valence-electron chi connectivity index (χ2n) is 5.22. The molecule has 0 radical (unpaired) electrons. The smallest absolute Gasteiger partial charge is 0.126 e. The summed E-state index contributed by atoms with van der Waals surface area (Å²) in [5.41, 5.74) is 2.50. The highest BCUT2D eigenvalue weighted by atomic mass is 16.5. The van der Waals surface area contributed by atoms with Crippen LogP contribution in [0.25, 0.3) is 0 Å². The summed E-state index contributed by atoms with van der Waals surface area (Å²) in [6.45, 7) is 5.10. The summed E-state index contributed by atoms with van der Waals surface area (Å²) in [5, 5.41) is 3.71. The molecule has 0 aliphatic carbocycles. The van der Waals surface area contributed by atoms with Gasteiger partial charge in [-0.2, -0.15) is 0 Å². The topological polar surface area (TPSA) is 21.3 Å². The van der Waals surface area contributed by atoms with Crippen LogP contribution in [0.3, 0.4) is 0 Å². The number of aryl methyl sites for hydroxylation is 1. The standard InChI is InChI=1S/C17H23NO/c1-4-8-14(5-2)18-16-11-7-12-19-17-13(3)9-6-10-15(16)17/h1,6,9-10,14,16,18H,5,7-8,11-12H2,2-3H3. The van der Waals surface area contributed by atoms with E-state index in [1.165, 1.54) is 11.1 Å². The molecule has 1 heterocycles. The second-order valence-corrected chi connectivity index (χ2v) is 5.22. The van der Waals surface area contributed by atoms with Crippen molar-refractivity contribution in [1.82, 2.24) is 5.32 Å². The maximum absolute atomic E-state index is 5.90. The van der Waals surface area contributed by atoms with Crippen molar-refractivity contribution in [3.63, 3.8) is 0 Å². The van der Waals surface area contributed by atoms with Gasteiger partial charge in [-0.3, -0.25) is 0 Å². The summed E-state index contributed by atoms with van der Waals surface area (Å²) in [7, 11) is 0. The minimum Gasteiger partial charge on any atom is -0.493 e. The van der Waals surface area contributed by atoms with E-state index in [2.05, 4.69) is 43.3 Å². The SMILES string of the molecule is C#CCC(CC)NC1CCCOc2c(C)cccc21. The molecule has 102 valence electrons. The number of fused-ring (bicyclic) bond motifs is 1. The Bertz CT molecular complexity index is 461. The molecule has 0 bridgehead atoms. The van der Waals surface area contributed by atoms with Crippen LogP contribution in [0.2, 0.25) is 0 Å². The lowest BCUT2D eigenvalue weighted by Gasteiger charge is -2.24. The van der Waals surface area contributed by atoms with Gasteiger partial charge < -0.3 is 10.1 Å². The molecule has 2 unspecified atom stereocenters. The maximum Gasteiger partial charge on any atom is 0.126 e. The van der Waals surface area contributed by atoms with Crippen molar-refractivity contribution < 1.29 is 4.74 Å². The van der Waals surface area contributed by atoms with E-state index in [-0.39, 0.29) is 0 Å². The summed E-state index contributed by atoms with van der Waals surface area (Å²) in [6, 6.07) is 7.14. The fraction of sp³-hybridized carbons (Fsp3) is 0.529. The molecule has 0 saturated carbocycles. The Morgan fingerprint density at radius 2 is 2.37 bits per heavy atom. The Morgan fingerprint density at radius 3 is 3.11 bits per heavy atom. The first-order valence-electron chi connectivity index (χ1n) is 7.18. The van der Waals surface area contributed by atoms with Crippen LogP contribution >= 0.6 is 0 Å². The first-order valence-corrected chi connectivity index (χ1v) is 7.18. The fourth-order valence-corrected chi connectivity index (χ4v) is 2.68. The van der Waals surface area contributed by atoms with Crippen LogP contribution in [0, 0.1) is 19.3 Å². The highest BCUT2D eigenvalue weighted by Gasteiger charge is 2.22. The van der Waals surface area contributed by atoms with Gasteiger partial charge in [-0.05, 0) is 31.7 Å². The van der Waals surface area contributed by atoms with Crippen molar-refractivity contribution in [2.24, 2.45) is 0 Å². The highest BCUT2D eigenvalue weighted by molar-refractivity contribution is 5.43. The molecule has 0 fully saturated rings. The number of rotatable bonds is 4. The van der Waals surface area contributed by atoms with Crippen LogP contribution in [-0.2, 0) is 0 Å². The molecule has 0 saturated heterocycles. The van der Waals surface area contributed by atoms with Crippen molar-refractivity contribution in [1.29, 1.82) is 0 Å². The fourth-order valence-electron chi connectivity index (χ4n) is 2.68. The molecule has 1 aliphatic heterocycles. The minimum absolute atomic E-state index is 0.357. The lowest BCUT2D eigenvalue weighted by Crippen LogP contribution is -2.32. The Labute approximate surface area is 116 Å². The average molecular weight is 257 g/mol. The molecule has 19 heavy (non-hydrogen) atoms. The molecule has 1 aliphatic rings. The molecular formula is C17H23NO.